The van der Waals surface area contributed by atoms with Crippen molar-refractivity contribution in [1.29, 1.82) is 0 Å². The van der Waals surface area contributed by atoms with E-state index in [1.165, 1.54) is 17.6 Å². The predicted molar refractivity (Wildman–Crippen MR) is 157 cm³/mol. The van der Waals surface area contributed by atoms with Crippen molar-refractivity contribution in [2.24, 2.45) is 0 Å². The van der Waals surface area contributed by atoms with E-state index in [0.29, 0.717) is 12.4 Å². The van der Waals surface area contributed by atoms with E-state index in [2.05, 4.69) is 91.8 Å². The molecule has 0 unspecified atom stereocenters. The second kappa shape index (κ2) is 10.2. The van der Waals surface area contributed by atoms with Gasteiger partial charge in [0.05, 0.1) is 18.4 Å². The number of allylic oxidation sites excluding steroid dienone is 2. The van der Waals surface area contributed by atoms with Crippen LogP contribution < -0.4 is 0 Å². The molecule has 0 amide bonds. The molecule has 10 nitrogen and oxygen atoms in total. The molecule has 4 heterocycles. The molecular formula is C31H30N10. The fraction of sp³-hybridized carbons (Fsp3) is 0.258. The molecule has 0 aliphatic heterocycles. The highest BCUT2D eigenvalue weighted by atomic mass is 15.5. The van der Waals surface area contributed by atoms with Gasteiger partial charge in [-0.2, -0.15) is 0 Å². The van der Waals surface area contributed by atoms with Crippen LogP contribution in [0.5, 0.6) is 0 Å². The second-order valence-corrected chi connectivity index (χ2v) is 10.6. The Morgan fingerprint density at radius 2 is 1.83 bits per heavy atom. The van der Waals surface area contributed by atoms with Crippen molar-refractivity contribution >= 4 is 16.7 Å². The number of hydrogen-bond acceptors (Lipinski definition) is 7. The van der Waals surface area contributed by atoms with E-state index in [0.717, 1.165) is 75.6 Å². The molecule has 4 aromatic heterocycles. The predicted octanol–water partition coefficient (Wildman–Crippen LogP) is 5.65. The summed E-state index contributed by atoms with van der Waals surface area (Å²) in [4.78, 5) is 9.73. The summed E-state index contributed by atoms with van der Waals surface area (Å²) in [7, 11) is 0. The van der Waals surface area contributed by atoms with E-state index in [4.69, 9.17) is 9.97 Å². The van der Waals surface area contributed by atoms with Crippen LogP contribution in [0.15, 0.2) is 60.8 Å². The van der Waals surface area contributed by atoms with Crippen LogP contribution >= 0.6 is 0 Å². The Kier molecular flexibility index (Phi) is 6.22. The van der Waals surface area contributed by atoms with Gasteiger partial charge in [-0.3, -0.25) is 0 Å². The zero-order valence-electron chi connectivity index (χ0n) is 23.3. The molecule has 0 radical (unpaired) electrons. The van der Waals surface area contributed by atoms with E-state index >= 15 is 0 Å². The lowest BCUT2D eigenvalue weighted by Gasteiger charge is -2.12. The van der Waals surface area contributed by atoms with Gasteiger partial charge in [-0.05, 0) is 95.6 Å². The van der Waals surface area contributed by atoms with Crippen LogP contribution in [-0.2, 0) is 13.0 Å². The Morgan fingerprint density at radius 1 is 0.951 bits per heavy atom. The van der Waals surface area contributed by atoms with Crippen molar-refractivity contribution < 1.29 is 0 Å². The Bertz CT molecular complexity index is 1890. The first-order chi connectivity index (χ1) is 20.1. The molecule has 1 aliphatic rings. The van der Waals surface area contributed by atoms with Gasteiger partial charge in [0.1, 0.15) is 17.0 Å². The fourth-order valence-electron chi connectivity index (χ4n) is 5.69. The minimum absolute atomic E-state index is 0.611. The highest BCUT2D eigenvalue weighted by molar-refractivity contribution is 5.82. The summed E-state index contributed by atoms with van der Waals surface area (Å²) in [5.41, 5.74) is 11.4. The summed E-state index contributed by atoms with van der Waals surface area (Å²) in [5, 5.41) is 23.6. The number of hydrogen-bond donors (Lipinski definition) is 1. The van der Waals surface area contributed by atoms with Crippen molar-refractivity contribution in [3.63, 3.8) is 0 Å². The SMILES string of the molecule is CCc1nc2c(C)cc(C)nc2n1Cc1ccc(-c2cc(-n3cc(C4=CCCC4)nn3)ccc2-c2nnn[nH]2)cc1. The first kappa shape index (κ1) is 25.0. The van der Waals surface area contributed by atoms with Crippen molar-refractivity contribution in [2.45, 2.75) is 53.0 Å². The number of benzene rings is 2. The third-order valence-corrected chi connectivity index (χ3v) is 7.75. The van der Waals surface area contributed by atoms with Crippen LogP contribution in [0.1, 0.15) is 54.5 Å². The topological polar surface area (TPSA) is 116 Å². The lowest BCUT2D eigenvalue weighted by Crippen LogP contribution is -2.05. The Labute approximate surface area is 237 Å². The monoisotopic (exact) mass is 542 g/mol. The smallest absolute Gasteiger partial charge is 0.180 e. The molecule has 6 aromatic rings. The normalized spacial score (nSPS) is 13.3. The highest BCUT2D eigenvalue weighted by Gasteiger charge is 2.17. The maximum absolute atomic E-state index is 4.90. The molecule has 0 atom stereocenters. The first-order valence-corrected chi connectivity index (χ1v) is 14.0. The average molecular weight is 543 g/mol. The molecule has 204 valence electrons. The average Bonchev–Trinajstić information content (AvgIpc) is 3.81. The third kappa shape index (κ3) is 4.61. The van der Waals surface area contributed by atoms with Gasteiger partial charge in [-0.25, -0.2) is 19.7 Å². The summed E-state index contributed by atoms with van der Waals surface area (Å²) in [6.07, 6.45) is 8.44. The molecule has 0 saturated carbocycles. The molecule has 1 N–H and O–H groups in total. The van der Waals surface area contributed by atoms with E-state index in [1.807, 2.05) is 29.9 Å². The lowest BCUT2D eigenvalue weighted by molar-refractivity contribution is 0.745. The highest BCUT2D eigenvalue weighted by Crippen LogP contribution is 2.33. The van der Waals surface area contributed by atoms with Crippen molar-refractivity contribution in [3.8, 4) is 28.2 Å². The Balaban J connectivity index is 1.25. The molecule has 7 rings (SSSR count). The van der Waals surface area contributed by atoms with E-state index in [-0.39, 0.29) is 0 Å². The van der Waals surface area contributed by atoms with Crippen LogP contribution in [0.3, 0.4) is 0 Å². The summed E-state index contributed by atoms with van der Waals surface area (Å²) in [6.45, 7) is 6.97. The van der Waals surface area contributed by atoms with Crippen LogP contribution in [-0.4, -0.2) is 50.2 Å². The molecule has 0 fully saturated rings. The standard InChI is InChI=1S/C31H30N10/c1-4-28-33-29-19(2)15-20(3)32-31(29)40(28)17-21-9-11-22(12-10-21)26-16-24(13-14-25(26)30-35-37-38-36-30)41-18-27(34-39-41)23-7-5-6-8-23/h7,9-16,18H,4-6,8,17H2,1-3H3,(H,35,36,37,38). The summed E-state index contributed by atoms with van der Waals surface area (Å²) in [6, 6.07) is 16.9. The summed E-state index contributed by atoms with van der Waals surface area (Å²) in [5.74, 6) is 1.65. The molecule has 41 heavy (non-hydrogen) atoms. The zero-order chi connectivity index (χ0) is 27.9. The molecular weight excluding hydrogens is 512 g/mol. The number of nitrogens with one attached hydrogen (secondary N) is 1. The maximum Gasteiger partial charge on any atom is 0.180 e. The van der Waals surface area contributed by atoms with Crippen molar-refractivity contribution in [1.82, 2.24) is 50.2 Å². The number of imidazole rings is 1. The number of aromatic amines is 1. The maximum atomic E-state index is 4.90. The van der Waals surface area contributed by atoms with E-state index in [9.17, 15) is 0 Å². The number of nitrogens with zero attached hydrogens (tertiary/aromatic N) is 9. The van der Waals surface area contributed by atoms with Gasteiger partial charge in [-0.1, -0.05) is 42.5 Å². The van der Waals surface area contributed by atoms with Crippen LogP contribution in [0.25, 0.3) is 44.9 Å². The van der Waals surface area contributed by atoms with Gasteiger partial charge in [0, 0.05) is 17.7 Å². The quantitative estimate of drug-likeness (QED) is 0.277. The van der Waals surface area contributed by atoms with E-state index < -0.39 is 0 Å². The molecule has 0 saturated heterocycles. The lowest BCUT2D eigenvalue weighted by atomic mass is 9.97. The number of rotatable bonds is 7. The second-order valence-electron chi connectivity index (χ2n) is 10.6. The largest absolute Gasteiger partial charge is 0.308 e. The van der Waals surface area contributed by atoms with Gasteiger partial charge in [-0.15, -0.1) is 10.2 Å². The molecule has 1 aliphatic carbocycles. The summed E-state index contributed by atoms with van der Waals surface area (Å²) >= 11 is 0. The van der Waals surface area contributed by atoms with E-state index in [1.54, 1.807) is 0 Å². The summed E-state index contributed by atoms with van der Waals surface area (Å²) < 4.78 is 4.07. The number of fused-ring (bicyclic) bond motifs is 1. The molecule has 2 aromatic carbocycles. The minimum atomic E-state index is 0.611. The van der Waals surface area contributed by atoms with Crippen LogP contribution in [0, 0.1) is 13.8 Å². The van der Waals surface area contributed by atoms with Gasteiger partial charge >= 0.3 is 0 Å². The molecule has 0 spiro atoms. The van der Waals surface area contributed by atoms with Gasteiger partial charge in [0.15, 0.2) is 11.5 Å². The van der Waals surface area contributed by atoms with Crippen molar-refractivity contribution in [3.05, 3.63) is 89.1 Å². The van der Waals surface area contributed by atoms with Gasteiger partial charge in [0.25, 0.3) is 0 Å². The molecule has 10 heteroatoms. The van der Waals surface area contributed by atoms with Crippen LogP contribution in [0.2, 0.25) is 0 Å². The number of H-pyrrole nitrogens is 1. The Hall–Kier alpha value is -4.99. The number of pyridine rings is 1. The van der Waals surface area contributed by atoms with Gasteiger partial charge < -0.3 is 4.57 Å². The first-order valence-electron chi connectivity index (χ1n) is 14.0. The third-order valence-electron chi connectivity index (χ3n) is 7.75. The van der Waals surface area contributed by atoms with Crippen LogP contribution in [0.4, 0.5) is 0 Å². The number of aromatic nitrogens is 10. The fourth-order valence-corrected chi connectivity index (χ4v) is 5.69. The number of aryl methyl sites for hydroxylation is 3. The zero-order valence-corrected chi connectivity index (χ0v) is 23.3. The Morgan fingerprint density at radius 3 is 2.59 bits per heavy atom. The van der Waals surface area contributed by atoms with Crippen molar-refractivity contribution in [2.75, 3.05) is 0 Å². The van der Waals surface area contributed by atoms with Gasteiger partial charge in [0.2, 0.25) is 0 Å². The molecule has 0 bridgehead atoms. The number of tetrazole rings is 1. The minimum Gasteiger partial charge on any atom is -0.308 e.